The smallest absolute Gasteiger partial charge is 0.254 e. The van der Waals surface area contributed by atoms with E-state index in [1.165, 1.54) is 6.42 Å². The fraction of sp³-hybridized carbons (Fsp3) is 0.438. The van der Waals surface area contributed by atoms with Crippen LogP contribution in [0, 0.1) is 18.8 Å². The van der Waals surface area contributed by atoms with Gasteiger partial charge in [0.05, 0.1) is 6.54 Å². The Morgan fingerprint density at radius 1 is 1.32 bits per heavy atom. The maximum atomic E-state index is 12.5. The van der Waals surface area contributed by atoms with Gasteiger partial charge in [-0.1, -0.05) is 17.9 Å². The van der Waals surface area contributed by atoms with E-state index in [0.29, 0.717) is 6.54 Å². The van der Waals surface area contributed by atoms with Crippen molar-refractivity contribution in [3.05, 3.63) is 34.9 Å². The van der Waals surface area contributed by atoms with Crippen molar-refractivity contribution >= 4 is 5.91 Å². The average Bonchev–Trinajstić information content (AvgIpc) is 2.46. The number of hydrogen-bond acceptors (Lipinski definition) is 2. The van der Waals surface area contributed by atoms with Crippen LogP contribution < -0.4 is 5.73 Å². The van der Waals surface area contributed by atoms with Crippen LogP contribution in [0.2, 0.25) is 0 Å². The molecule has 1 saturated heterocycles. The Hall–Kier alpha value is -1.79. The van der Waals surface area contributed by atoms with Crippen LogP contribution in [0.15, 0.2) is 18.2 Å². The van der Waals surface area contributed by atoms with E-state index in [4.69, 9.17) is 5.73 Å². The zero-order valence-corrected chi connectivity index (χ0v) is 11.4. The van der Waals surface area contributed by atoms with Crippen LogP contribution in [0.1, 0.15) is 40.7 Å². The summed E-state index contributed by atoms with van der Waals surface area (Å²) in [6.07, 6.45) is 3.44. The van der Waals surface area contributed by atoms with Crippen molar-refractivity contribution in [1.29, 1.82) is 0 Å². The molecule has 0 spiro atoms. The topological polar surface area (TPSA) is 46.3 Å². The SMILES string of the molecule is Cc1c(C#CCN)cccc1C(=O)N1CCCCC1. The van der Waals surface area contributed by atoms with E-state index >= 15 is 0 Å². The summed E-state index contributed by atoms with van der Waals surface area (Å²) in [5.41, 5.74) is 8.02. The summed E-state index contributed by atoms with van der Waals surface area (Å²) in [6, 6.07) is 5.72. The number of nitrogens with zero attached hydrogens (tertiary/aromatic N) is 1. The molecule has 1 fully saturated rings. The highest BCUT2D eigenvalue weighted by atomic mass is 16.2. The number of hydrogen-bond donors (Lipinski definition) is 1. The maximum absolute atomic E-state index is 12.5. The molecule has 1 aliphatic heterocycles. The number of likely N-dealkylation sites (tertiary alicyclic amines) is 1. The Labute approximate surface area is 114 Å². The predicted octanol–water partition coefficient (Wildman–Crippen LogP) is 1.93. The zero-order chi connectivity index (χ0) is 13.7. The molecule has 1 aliphatic rings. The highest BCUT2D eigenvalue weighted by molar-refractivity contribution is 5.96. The molecule has 100 valence electrons. The standard InChI is InChI=1S/C16H20N2O/c1-13-14(8-6-10-17)7-5-9-15(13)16(19)18-11-3-2-4-12-18/h5,7,9H,2-4,10-12,17H2,1H3. The minimum absolute atomic E-state index is 0.133. The lowest BCUT2D eigenvalue weighted by molar-refractivity contribution is 0.0723. The molecule has 1 amide bonds. The summed E-state index contributed by atoms with van der Waals surface area (Å²) in [5, 5.41) is 0. The number of nitrogens with two attached hydrogens (primary N) is 1. The van der Waals surface area contributed by atoms with E-state index in [0.717, 1.165) is 42.6 Å². The Balaban J connectivity index is 2.26. The van der Waals surface area contributed by atoms with Crippen LogP contribution in [-0.2, 0) is 0 Å². The highest BCUT2D eigenvalue weighted by Gasteiger charge is 2.20. The lowest BCUT2D eigenvalue weighted by atomic mass is 10.0. The van der Waals surface area contributed by atoms with Gasteiger partial charge in [0.2, 0.25) is 0 Å². The van der Waals surface area contributed by atoms with Crippen molar-refractivity contribution in [3.8, 4) is 11.8 Å². The van der Waals surface area contributed by atoms with Crippen LogP contribution in [0.25, 0.3) is 0 Å². The van der Waals surface area contributed by atoms with Gasteiger partial charge in [-0.3, -0.25) is 4.79 Å². The van der Waals surface area contributed by atoms with Gasteiger partial charge in [-0.15, -0.1) is 0 Å². The van der Waals surface area contributed by atoms with Crippen molar-refractivity contribution in [2.75, 3.05) is 19.6 Å². The van der Waals surface area contributed by atoms with E-state index in [-0.39, 0.29) is 5.91 Å². The van der Waals surface area contributed by atoms with Gasteiger partial charge in [-0.05, 0) is 43.9 Å². The van der Waals surface area contributed by atoms with E-state index in [9.17, 15) is 4.79 Å². The third-order valence-electron chi connectivity index (χ3n) is 3.53. The van der Waals surface area contributed by atoms with Crippen molar-refractivity contribution < 1.29 is 4.79 Å². The van der Waals surface area contributed by atoms with Crippen molar-refractivity contribution in [3.63, 3.8) is 0 Å². The van der Waals surface area contributed by atoms with Gasteiger partial charge < -0.3 is 10.6 Å². The summed E-state index contributed by atoms with van der Waals surface area (Å²) in [6.45, 7) is 4.04. The summed E-state index contributed by atoms with van der Waals surface area (Å²) >= 11 is 0. The van der Waals surface area contributed by atoms with E-state index < -0.39 is 0 Å². The van der Waals surface area contributed by atoms with Gasteiger partial charge in [-0.2, -0.15) is 0 Å². The second kappa shape index (κ2) is 6.40. The molecule has 1 heterocycles. The molecule has 3 heteroatoms. The molecule has 0 unspecified atom stereocenters. The van der Waals surface area contributed by atoms with Crippen LogP contribution in [0.5, 0.6) is 0 Å². The quantitative estimate of drug-likeness (QED) is 0.780. The van der Waals surface area contributed by atoms with Crippen molar-refractivity contribution in [2.45, 2.75) is 26.2 Å². The molecule has 0 bridgehead atoms. The fourth-order valence-electron chi connectivity index (χ4n) is 2.42. The van der Waals surface area contributed by atoms with Crippen LogP contribution in [0.4, 0.5) is 0 Å². The average molecular weight is 256 g/mol. The number of rotatable bonds is 1. The van der Waals surface area contributed by atoms with Crippen LogP contribution in [0.3, 0.4) is 0 Å². The number of carbonyl (C=O) groups excluding carboxylic acids is 1. The largest absolute Gasteiger partial charge is 0.339 e. The van der Waals surface area contributed by atoms with E-state index in [1.54, 1.807) is 0 Å². The molecule has 2 N–H and O–H groups in total. The molecule has 0 aliphatic carbocycles. The summed E-state index contributed by atoms with van der Waals surface area (Å²) in [7, 11) is 0. The van der Waals surface area contributed by atoms with Gasteiger partial charge >= 0.3 is 0 Å². The minimum atomic E-state index is 0.133. The minimum Gasteiger partial charge on any atom is -0.339 e. The Kier molecular flexibility index (Phi) is 4.59. The first kappa shape index (κ1) is 13.6. The van der Waals surface area contributed by atoms with E-state index in [1.807, 2.05) is 30.0 Å². The number of carbonyl (C=O) groups is 1. The molecule has 2 rings (SSSR count). The molecule has 0 atom stereocenters. The molecule has 3 nitrogen and oxygen atoms in total. The second-order valence-electron chi connectivity index (χ2n) is 4.84. The predicted molar refractivity (Wildman–Crippen MR) is 76.9 cm³/mol. The Bertz CT molecular complexity index is 519. The molecule has 0 saturated carbocycles. The van der Waals surface area contributed by atoms with Gasteiger partial charge in [-0.25, -0.2) is 0 Å². The number of amides is 1. The van der Waals surface area contributed by atoms with Gasteiger partial charge in [0.25, 0.3) is 5.91 Å². The summed E-state index contributed by atoms with van der Waals surface area (Å²) in [5.74, 6) is 6.00. The van der Waals surface area contributed by atoms with Crippen molar-refractivity contribution in [1.82, 2.24) is 4.90 Å². The van der Waals surface area contributed by atoms with Crippen LogP contribution >= 0.6 is 0 Å². The Morgan fingerprint density at radius 2 is 2.05 bits per heavy atom. The normalized spacial score (nSPS) is 14.7. The van der Waals surface area contributed by atoms with Gasteiger partial charge in [0, 0.05) is 24.2 Å². The molecular formula is C16H20N2O. The maximum Gasteiger partial charge on any atom is 0.254 e. The highest BCUT2D eigenvalue weighted by Crippen LogP contribution is 2.18. The monoisotopic (exact) mass is 256 g/mol. The van der Waals surface area contributed by atoms with E-state index in [2.05, 4.69) is 11.8 Å². The van der Waals surface area contributed by atoms with Gasteiger partial charge in [0.15, 0.2) is 0 Å². The van der Waals surface area contributed by atoms with Crippen LogP contribution in [-0.4, -0.2) is 30.4 Å². The van der Waals surface area contributed by atoms with Gasteiger partial charge in [0.1, 0.15) is 0 Å². The summed E-state index contributed by atoms with van der Waals surface area (Å²) in [4.78, 5) is 14.4. The molecular weight excluding hydrogens is 236 g/mol. The lowest BCUT2D eigenvalue weighted by Crippen LogP contribution is -2.36. The number of benzene rings is 1. The molecule has 19 heavy (non-hydrogen) atoms. The molecule has 1 aromatic rings. The zero-order valence-electron chi connectivity index (χ0n) is 11.4. The summed E-state index contributed by atoms with van der Waals surface area (Å²) < 4.78 is 0. The molecule has 1 aromatic carbocycles. The number of piperidine rings is 1. The first-order valence-electron chi connectivity index (χ1n) is 6.82. The second-order valence-corrected chi connectivity index (χ2v) is 4.84. The third-order valence-corrected chi connectivity index (χ3v) is 3.53. The fourth-order valence-corrected chi connectivity index (χ4v) is 2.42. The molecule has 0 aromatic heterocycles. The first-order chi connectivity index (χ1) is 9.24. The molecule has 0 radical (unpaired) electrons. The third kappa shape index (κ3) is 3.15. The first-order valence-corrected chi connectivity index (χ1v) is 6.82. The van der Waals surface area contributed by atoms with Crippen molar-refractivity contribution in [2.24, 2.45) is 5.73 Å². The lowest BCUT2D eigenvalue weighted by Gasteiger charge is -2.27. The Morgan fingerprint density at radius 3 is 2.74 bits per heavy atom.